The Bertz CT molecular complexity index is 967. The molecule has 0 bridgehead atoms. The zero-order valence-electron chi connectivity index (χ0n) is 15.3. The van der Waals surface area contributed by atoms with E-state index >= 15 is 0 Å². The highest BCUT2D eigenvalue weighted by Crippen LogP contribution is 2.34. The minimum Gasteiger partial charge on any atom is -0.336 e. The van der Waals surface area contributed by atoms with Gasteiger partial charge in [0.2, 0.25) is 0 Å². The van der Waals surface area contributed by atoms with Gasteiger partial charge in [0.25, 0.3) is 5.91 Å². The van der Waals surface area contributed by atoms with Crippen LogP contribution in [0.4, 0.5) is 0 Å². The second-order valence-electron chi connectivity index (χ2n) is 7.26. The summed E-state index contributed by atoms with van der Waals surface area (Å²) >= 11 is 0. The molecule has 1 saturated heterocycles. The van der Waals surface area contributed by atoms with Crippen molar-refractivity contribution in [3.63, 3.8) is 0 Å². The van der Waals surface area contributed by atoms with E-state index in [1.54, 1.807) is 12.4 Å². The predicted octanol–water partition coefficient (Wildman–Crippen LogP) is 2.26. The summed E-state index contributed by atoms with van der Waals surface area (Å²) in [5.74, 6) is -0.0681. The van der Waals surface area contributed by atoms with Crippen LogP contribution in [0.25, 0.3) is 11.0 Å². The van der Waals surface area contributed by atoms with Crippen molar-refractivity contribution >= 4 is 16.9 Å². The van der Waals surface area contributed by atoms with E-state index in [-0.39, 0.29) is 11.3 Å². The monoisotopic (exact) mass is 350 g/mol. The Balaban J connectivity index is 1.65. The molecule has 7 heteroatoms. The number of pyridine rings is 1. The number of rotatable bonds is 2. The molecule has 1 aliphatic heterocycles. The number of carbonyl (C=O) groups excluding carboxylic acids is 1. The summed E-state index contributed by atoms with van der Waals surface area (Å²) in [6.07, 6.45) is 6.58. The van der Waals surface area contributed by atoms with Crippen LogP contribution < -0.4 is 0 Å². The number of likely N-dealkylation sites (tertiary alicyclic amines) is 1. The molecule has 1 aliphatic rings. The highest BCUT2D eigenvalue weighted by Gasteiger charge is 2.36. The van der Waals surface area contributed by atoms with Crippen LogP contribution in [-0.4, -0.2) is 48.6 Å². The molecule has 0 N–H and O–H groups in total. The molecule has 7 nitrogen and oxygen atoms in total. The van der Waals surface area contributed by atoms with E-state index < -0.39 is 0 Å². The van der Waals surface area contributed by atoms with Crippen LogP contribution in [-0.2, 0) is 12.5 Å². The predicted molar refractivity (Wildman–Crippen MR) is 97.8 cm³/mol. The van der Waals surface area contributed by atoms with Crippen molar-refractivity contribution in [1.82, 2.24) is 29.6 Å². The first-order chi connectivity index (χ1) is 12.5. The van der Waals surface area contributed by atoms with E-state index in [4.69, 9.17) is 4.98 Å². The normalized spacial score (nSPS) is 20.5. The van der Waals surface area contributed by atoms with E-state index in [0.717, 1.165) is 41.8 Å². The number of aryl methyl sites for hydroxylation is 2. The van der Waals surface area contributed by atoms with Crippen LogP contribution in [0, 0.1) is 6.92 Å². The van der Waals surface area contributed by atoms with Crippen LogP contribution in [0.5, 0.6) is 0 Å². The molecule has 0 spiro atoms. The van der Waals surface area contributed by atoms with Crippen LogP contribution in [0.1, 0.15) is 41.6 Å². The number of amides is 1. The van der Waals surface area contributed by atoms with Crippen molar-refractivity contribution in [2.45, 2.75) is 32.1 Å². The molecule has 26 heavy (non-hydrogen) atoms. The highest BCUT2D eigenvalue weighted by molar-refractivity contribution is 5.92. The molecule has 1 atom stereocenters. The number of hydrogen-bond donors (Lipinski definition) is 0. The summed E-state index contributed by atoms with van der Waals surface area (Å²) < 4.78 is 1.82. The maximum absolute atomic E-state index is 12.8. The van der Waals surface area contributed by atoms with Gasteiger partial charge in [-0.1, -0.05) is 6.92 Å². The van der Waals surface area contributed by atoms with E-state index in [1.807, 2.05) is 23.6 Å². The standard InChI is InChI=1S/C19H22N6O/c1-13-14-5-6-16(22-17(14)24(3)23-13)19(2)7-4-10-25(12-19)18(26)15-11-20-8-9-21-15/h5-6,8-9,11H,4,7,10,12H2,1-3H3. The summed E-state index contributed by atoms with van der Waals surface area (Å²) in [6.45, 7) is 5.53. The molecule has 3 aromatic heterocycles. The molecule has 1 unspecified atom stereocenters. The fourth-order valence-corrected chi connectivity index (χ4v) is 3.83. The number of hydrogen-bond acceptors (Lipinski definition) is 5. The van der Waals surface area contributed by atoms with Crippen LogP contribution in [0.15, 0.2) is 30.7 Å². The van der Waals surface area contributed by atoms with E-state index in [0.29, 0.717) is 12.2 Å². The Kier molecular flexibility index (Phi) is 3.94. The Morgan fingerprint density at radius 1 is 1.27 bits per heavy atom. The molecule has 3 aromatic rings. The molecular formula is C19H22N6O. The van der Waals surface area contributed by atoms with Gasteiger partial charge in [-0.05, 0) is 31.9 Å². The van der Waals surface area contributed by atoms with Gasteiger partial charge in [0.05, 0.1) is 17.6 Å². The molecule has 1 amide bonds. The minimum atomic E-state index is -0.192. The van der Waals surface area contributed by atoms with E-state index in [9.17, 15) is 4.79 Å². The van der Waals surface area contributed by atoms with Gasteiger partial charge in [0, 0.05) is 43.3 Å². The number of piperidine rings is 1. The maximum atomic E-state index is 12.8. The zero-order valence-corrected chi connectivity index (χ0v) is 15.3. The van der Waals surface area contributed by atoms with Gasteiger partial charge in [-0.15, -0.1) is 0 Å². The third kappa shape index (κ3) is 2.73. The Morgan fingerprint density at radius 3 is 2.88 bits per heavy atom. The van der Waals surface area contributed by atoms with Gasteiger partial charge in [0.15, 0.2) is 5.65 Å². The number of nitrogens with zero attached hydrogens (tertiary/aromatic N) is 6. The fourth-order valence-electron chi connectivity index (χ4n) is 3.83. The van der Waals surface area contributed by atoms with Gasteiger partial charge in [0.1, 0.15) is 5.69 Å². The number of fused-ring (bicyclic) bond motifs is 1. The quantitative estimate of drug-likeness (QED) is 0.708. The zero-order chi connectivity index (χ0) is 18.3. The van der Waals surface area contributed by atoms with Gasteiger partial charge in [-0.2, -0.15) is 5.10 Å². The lowest BCUT2D eigenvalue weighted by Crippen LogP contribution is -2.47. The number of carbonyl (C=O) groups is 1. The van der Waals surface area contributed by atoms with Crippen molar-refractivity contribution in [1.29, 1.82) is 0 Å². The summed E-state index contributed by atoms with van der Waals surface area (Å²) in [7, 11) is 1.92. The first-order valence-electron chi connectivity index (χ1n) is 8.84. The summed E-state index contributed by atoms with van der Waals surface area (Å²) in [4.78, 5) is 27.7. The lowest BCUT2D eigenvalue weighted by molar-refractivity contribution is 0.0641. The lowest BCUT2D eigenvalue weighted by Gasteiger charge is -2.40. The molecule has 0 saturated carbocycles. The molecule has 0 aliphatic carbocycles. The maximum Gasteiger partial charge on any atom is 0.274 e. The largest absolute Gasteiger partial charge is 0.336 e. The Morgan fingerprint density at radius 2 is 2.12 bits per heavy atom. The molecule has 0 radical (unpaired) electrons. The molecular weight excluding hydrogens is 328 g/mol. The van der Waals surface area contributed by atoms with Crippen LogP contribution >= 0.6 is 0 Å². The summed E-state index contributed by atoms with van der Waals surface area (Å²) in [5, 5.41) is 5.53. The van der Waals surface area contributed by atoms with Crippen LogP contribution in [0.3, 0.4) is 0 Å². The molecule has 4 rings (SSSR count). The second kappa shape index (κ2) is 6.16. The average Bonchev–Trinajstić information content (AvgIpc) is 2.95. The fraction of sp³-hybridized carbons (Fsp3) is 0.421. The first kappa shape index (κ1) is 16.6. The molecule has 0 aromatic carbocycles. The SMILES string of the molecule is Cc1nn(C)c2nc(C3(C)CCCN(C(=O)c4cnccn4)C3)ccc12. The minimum absolute atomic E-state index is 0.0681. The van der Waals surface area contributed by atoms with Crippen molar-refractivity contribution in [3.05, 3.63) is 47.8 Å². The second-order valence-corrected chi connectivity index (χ2v) is 7.26. The van der Waals surface area contributed by atoms with Crippen molar-refractivity contribution in [2.75, 3.05) is 13.1 Å². The average molecular weight is 350 g/mol. The third-order valence-corrected chi connectivity index (χ3v) is 5.26. The van der Waals surface area contributed by atoms with Crippen molar-refractivity contribution in [2.24, 2.45) is 7.05 Å². The van der Waals surface area contributed by atoms with Gasteiger partial charge >= 0.3 is 0 Å². The third-order valence-electron chi connectivity index (χ3n) is 5.26. The molecule has 134 valence electrons. The summed E-state index contributed by atoms with van der Waals surface area (Å²) in [6, 6.07) is 4.17. The van der Waals surface area contributed by atoms with Gasteiger partial charge in [-0.25, -0.2) is 9.97 Å². The Hall–Kier alpha value is -2.83. The van der Waals surface area contributed by atoms with Crippen molar-refractivity contribution in [3.8, 4) is 0 Å². The van der Waals surface area contributed by atoms with Crippen LogP contribution in [0.2, 0.25) is 0 Å². The smallest absolute Gasteiger partial charge is 0.274 e. The molecule has 4 heterocycles. The number of aromatic nitrogens is 5. The topological polar surface area (TPSA) is 76.8 Å². The first-order valence-corrected chi connectivity index (χ1v) is 8.84. The Labute approximate surface area is 152 Å². The van der Waals surface area contributed by atoms with Gasteiger partial charge in [-0.3, -0.25) is 14.5 Å². The molecule has 1 fully saturated rings. The summed E-state index contributed by atoms with van der Waals surface area (Å²) in [5.41, 5.74) is 3.07. The van der Waals surface area contributed by atoms with E-state index in [2.05, 4.69) is 34.1 Å². The van der Waals surface area contributed by atoms with E-state index in [1.165, 1.54) is 6.20 Å². The van der Waals surface area contributed by atoms with Gasteiger partial charge < -0.3 is 4.90 Å². The lowest BCUT2D eigenvalue weighted by atomic mass is 9.78. The highest BCUT2D eigenvalue weighted by atomic mass is 16.2. The van der Waals surface area contributed by atoms with Crippen molar-refractivity contribution < 1.29 is 4.79 Å².